The molecule has 7 nitrogen and oxygen atoms in total. The van der Waals surface area contributed by atoms with Crippen LogP contribution in [0.5, 0.6) is 11.5 Å². The standard InChI is InChI=1S/C26H26N4O3S/c27-26-29-23(22-12-19(8-11-24(22)33)18-6-9-21(32)10-7-18)13-25(30-26)28-20(14-31)16-34-15-17-4-2-1-3-5-17/h1-13,20,31-33H,14-16H2,(H3,27,28,29,30). The Labute approximate surface area is 202 Å². The van der Waals surface area contributed by atoms with E-state index in [4.69, 9.17) is 5.73 Å². The lowest BCUT2D eigenvalue weighted by atomic mass is 10.0. The number of nitrogen functional groups attached to an aromatic ring is 1. The Bertz CT molecular complexity index is 1240. The molecule has 4 aromatic rings. The van der Waals surface area contributed by atoms with Crippen molar-refractivity contribution >= 4 is 23.5 Å². The Balaban J connectivity index is 1.52. The molecule has 0 radical (unpaired) electrons. The molecule has 4 rings (SSSR count). The summed E-state index contributed by atoms with van der Waals surface area (Å²) in [5, 5.41) is 33.1. The topological polar surface area (TPSA) is 125 Å². The number of nitrogens with two attached hydrogens (primary N) is 1. The highest BCUT2D eigenvalue weighted by atomic mass is 32.2. The first-order chi connectivity index (χ1) is 16.5. The van der Waals surface area contributed by atoms with E-state index in [2.05, 4.69) is 27.4 Å². The number of phenols is 2. The molecule has 3 aromatic carbocycles. The Morgan fingerprint density at radius 3 is 2.35 bits per heavy atom. The number of hydrogen-bond acceptors (Lipinski definition) is 8. The van der Waals surface area contributed by atoms with Crippen LogP contribution < -0.4 is 11.1 Å². The molecule has 0 fully saturated rings. The van der Waals surface area contributed by atoms with Crippen LogP contribution in [0, 0.1) is 0 Å². The number of phenolic OH excluding ortho intramolecular Hbond substituents is 2. The molecule has 1 atom stereocenters. The molecule has 1 aromatic heterocycles. The van der Waals surface area contributed by atoms with Gasteiger partial charge in [-0.15, -0.1) is 0 Å². The van der Waals surface area contributed by atoms with Crippen LogP contribution in [-0.4, -0.2) is 43.7 Å². The summed E-state index contributed by atoms with van der Waals surface area (Å²) >= 11 is 1.71. The molecule has 174 valence electrons. The van der Waals surface area contributed by atoms with E-state index < -0.39 is 0 Å². The van der Waals surface area contributed by atoms with Crippen molar-refractivity contribution in [3.63, 3.8) is 0 Å². The van der Waals surface area contributed by atoms with E-state index in [1.165, 1.54) is 5.56 Å². The van der Waals surface area contributed by atoms with Crippen molar-refractivity contribution in [2.75, 3.05) is 23.4 Å². The highest BCUT2D eigenvalue weighted by Crippen LogP contribution is 2.34. The lowest BCUT2D eigenvalue weighted by Crippen LogP contribution is -2.27. The van der Waals surface area contributed by atoms with Gasteiger partial charge in [-0.2, -0.15) is 16.7 Å². The zero-order chi connectivity index (χ0) is 23.9. The van der Waals surface area contributed by atoms with Crippen molar-refractivity contribution in [3.05, 3.63) is 84.4 Å². The van der Waals surface area contributed by atoms with E-state index >= 15 is 0 Å². The van der Waals surface area contributed by atoms with Gasteiger partial charge in [-0.3, -0.25) is 0 Å². The van der Waals surface area contributed by atoms with Crippen LogP contribution in [0.3, 0.4) is 0 Å². The smallest absolute Gasteiger partial charge is 0.222 e. The molecule has 0 amide bonds. The predicted molar refractivity (Wildman–Crippen MR) is 138 cm³/mol. The number of benzene rings is 3. The van der Waals surface area contributed by atoms with E-state index in [9.17, 15) is 15.3 Å². The maximum absolute atomic E-state index is 10.5. The van der Waals surface area contributed by atoms with Gasteiger partial charge >= 0.3 is 0 Å². The van der Waals surface area contributed by atoms with E-state index in [0.717, 1.165) is 16.9 Å². The SMILES string of the molecule is Nc1nc(NC(CO)CSCc2ccccc2)cc(-c2cc(-c3ccc(O)cc3)ccc2O)n1. The van der Waals surface area contributed by atoms with Gasteiger partial charge in [0.05, 0.1) is 18.3 Å². The van der Waals surface area contributed by atoms with Crippen LogP contribution in [0.2, 0.25) is 0 Å². The zero-order valence-corrected chi connectivity index (χ0v) is 19.2. The fourth-order valence-electron chi connectivity index (χ4n) is 3.49. The van der Waals surface area contributed by atoms with Gasteiger partial charge in [0.2, 0.25) is 5.95 Å². The number of nitrogens with zero attached hydrogens (tertiary/aromatic N) is 2. The third-order valence-electron chi connectivity index (χ3n) is 5.22. The van der Waals surface area contributed by atoms with Gasteiger partial charge in [0, 0.05) is 23.1 Å². The first kappa shape index (κ1) is 23.4. The summed E-state index contributed by atoms with van der Waals surface area (Å²) in [6.07, 6.45) is 0. The molecule has 8 heteroatoms. The Kier molecular flexibility index (Phi) is 7.51. The molecule has 0 spiro atoms. The number of aliphatic hydroxyl groups is 1. The van der Waals surface area contributed by atoms with Crippen LogP contribution in [0.4, 0.5) is 11.8 Å². The normalized spacial score (nSPS) is 11.8. The number of anilines is 2. The fraction of sp³-hybridized carbons (Fsp3) is 0.154. The van der Waals surface area contributed by atoms with Gasteiger partial charge in [-0.05, 0) is 41.0 Å². The van der Waals surface area contributed by atoms with Crippen LogP contribution >= 0.6 is 11.8 Å². The molecule has 1 unspecified atom stereocenters. The number of rotatable bonds is 9. The van der Waals surface area contributed by atoms with Crippen molar-refractivity contribution in [2.24, 2.45) is 0 Å². The summed E-state index contributed by atoms with van der Waals surface area (Å²) < 4.78 is 0. The molecule has 1 heterocycles. The van der Waals surface area contributed by atoms with Gasteiger partial charge in [0.15, 0.2) is 0 Å². The monoisotopic (exact) mass is 474 g/mol. The number of aromatic nitrogens is 2. The maximum Gasteiger partial charge on any atom is 0.222 e. The quantitative estimate of drug-likeness (QED) is 0.240. The summed E-state index contributed by atoms with van der Waals surface area (Å²) in [7, 11) is 0. The van der Waals surface area contributed by atoms with Crippen molar-refractivity contribution in [1.29, 1.82) is 0 Å². The number of aliphatic hydroxyl groups excluding tert-OH is 1. The molecular formula is C26H26N4O3S. The van der Waals surface area contributed by atoms with E-state index in [1.807, 2.05) is 24.3 Å². The lowest BCUT2D eigenvalue weighted by molar-refractivity contribution is 0.283. The van der Waals surface area contributed by atoms with E-state index in [-0.39, 0.29) is 30.1 Å². The maximum atomic E-state index is 10.5. The van der Waals surface area contributed by atoms with Gasteiger partial charge in [0.25, 0.3) is 0 Å². The second kappa shape index (κ2) is 10.9. The summed E-state index contributed by atoms with van der Waals surface area (Å²) in [4.78, 5) is 8.57. The van der Waals surface area contributed by atoms with Gasteiger partial charge in [0.1, 0.15) is 17.3 Å². The lowest BCUT2D eigenvalue weighted by Gasteiger charge is -2.17. The van der Waals surface area contributed by atoms with Crippen molar-refractivity contribution in [2.45, 2.75) is 11.8 Å². The first-order valence-electron chi connectivity index (χ1n) is 10.8. The minimum absolute atomic E-state index is 0.0584. The summed E-state index contributed by atoms with van der Waals surface area (Å²) in [6, 6.07) is 23.6. The molecule has 0 saturated carbocycles. The number of hydrogen-bond donors (Lipinski definition) is 5. The van der Waals surface area contributed by atoms with E-state index in [0.29, 0.717) is 22.8 Å². The van der Waals surface area contributed by atoms with Crippen LogP contribution in [0.15, 0.2) is 78.9 Å². The summed E-state index contributed by atoms with van der Waals surface area (Å²) in [5.41, 5.74) is 9.89. The van der Waals surface area contributed by atoms with Crippen LogP contribution in [-0.2, 0) is 5.75 Å². The highest BCUT2D eigenvalue weighted by Gasteiger charge is 2.14. The molecule has 0 aliphatic rings. The molecule has 6 N–H and O–H groups in total. The predicted octanol–water partition coefficient (Wildman–Crippen LogP) is 4.51. The largest absolute Gasteiger partial charge is 0.508 e. The minimum atomic E-state index is -0.229. The molecule has 0 aliphatic heterocycles. The third-order valence-corrected chi connectivity index (χ3v) is 6.40. The average molecular weight is 475 g/mol. The molecule has 0 bridgehead atoms. The molecular weight excluding hydrogens is 448 g/mol. The van der Waals surface area contributed by atoms with Crippen molar-refractivity contribution in [1.82, 2.24) is 9.97 Å². The minimum Gasteiger partial charge on any atom is -0.508 e. The molecule has 34 heavy (non-hydrogen) atoms. The third kappa shape index (κ3) is 5.98. The number of nitrogens with one attached hydrogen (secondary N) is 1. The Morgan fingerprint density at radius 2 is 1.62 bits per heavy atom. The van der Waals surface area contributed by atoms with Crippen LogP contribution in [0.25, 0.3) is 22.4 Å². The van der Waals surface area contributed by atoms with Crippen molar-refractivity contribution < 1.29 is 15.3 Å². The van der Waals surface area contributed by atoms with Crippen molar-refractivity contribution in [3.8, 4) is 33.9 Å². The Hall–Kier alpha value is -3.75. The fourth-order valence-corrected chi connectivity index (χ4v) is 4.51. The van der Waals surface area contributed by atoms with Gasteiger partial charge in [-0.25, -0.2) is 4.98 Å². The molecule has 0 saturated heterocycles. The number of thioether (sulfide) groups is 1. The number of aromatic hydroxyl groups is 2. The van der Waals surface area contributed by atoms with E-state index in [1.54, 1.807) is 54.2 Å². The van der Waals surface area contributed by atoms with Gasteiger partial charge in [-0.1, -0.05) is 48.5 Å². The van der Waals surface area contributed by atoms with Crippen LogP contribution in [0.1, 0.15) is 5.56 Å². The second-order valence-electron chi connectivity index (χ2n) is 7.80. The Morgan fingerprint density at radius 1 is 0.882 bits per heavy atom. The molecule has 0 aliphatic carbocycles. The summed E-state index contributed by atoms with van der Waals surface area (Å²) in [6.45, 7) is -0.0668. The first-order valence-corrected chi connectivity index (χ1v) is 11.9. The summed E-state index contributed by atoms with van der Waals surface area (Å²) in [5.74, 6) is 2.28. The zero-order valence-electron chi connectivity index (χ0n) is 18.4. The highest BCUT2D eigenvalue weighted by molar-refractivity contribution is 7.98. The average Bonchev–Trinajstić information content (AvgIpc) is 2.84. The second-order valence-corrected chi connectivity index (χ2v) is 8.83. The van der Waals surface area contributed by atoms with Gasteiger partial charge < -0.3 is 26.4 Å².